The summed E-state index contributed by atoms with van der Waals surface area (Å²) in [5, 5.41) is 3.30. The van der Waals surface area contributed by atoms with Crippen molar-refractivity contribution in [3.05, 3.63) is 29.8 Å². The van der Waals surface area contributed by atoms with Crippen LogP contribution in [0.1, 0.15) is 62.2 Å². The fraction of sp³-hybridized carbons (Fsp3) is 0.619. The van der Waals surface area contributed by atoms with Gasteiger partial charge in [-0.05, 0) is 56.6 Å². The maximum absolute atomic E-state index is 12.3. The largest absolute Gasteiger partial charge is 0.494 e. The molecule has 0 aliphatic carbocycles. The van der Waals surface area contributed by atoms with E-state index in [4.69, 9.17) is 4.74 Å². The first-order chi connectivity index (χ1) is 12.6. The molecule has 144 valence electrons. The highest BCUT2D eigenvalue weighted by atomic mass is 16.5. The molecule has 0 radical (unpaired) electrons. The van der Waals surface area contributed by atoms with Gasteiger partial charge in [-0.3, -0.25) is 9.59 Å². The molecule has 26 heavy (non-hydrogen) atoms. The fourth-order valence-corrected chi connectivity index (χ4v) is 3.22. The number of nitrogens with zero attached hydrogens (tertiary/aromatic N) is 1. The number of amides is 1. The quantitative estimate of drug-likeness (QED) is 0.513. The summed E-state index contributed by atoms with van der Waals surface area (Å²) in [5.74, 6) is 0.857. The highest BCUT2D eigenvalue weighted by molar-refractivity contribution is 5.98. The van der Waals surface area contributed by atoms with E-state index in [1.807, 2.05) is 24.1 Å². The van der Waals surface area contributed by atoms with Gasteiger partial charge in [-0.2, -0.15) is 0 Å². The summed E-state index contributed by atoms with van der Waals surface area (Å²) in [7, 11) is 1.85. The minimum Gasteiger partial charge on any atom is -0.494 e. The van der Waals surface area contributed by atoms with Crippen LogP contribution in [0.5, 0.6) is 5.75 Å². The normalized spacial score (nSPS) is 14.8. The molecule has 0 atom stereocenters. The van der Waals surface area contributed by atoms with Crippen LogP contribution in [-0.2, 0) is 4.79 Å². The monoisotopic (exact) mass is 360 g/mol. The van der Waals surface area contributed by atoms with Crippen LogP contribution >= 0.6 is 0 Å². The van der Waals surface area contributed by atoms with E-state index in [1.165, 1.54) is 6.42 Å². The van der Waals surface area contributed by atoms with Gasteiger partial charge in [-0.1, -0.05) is 19.8 Å². The van der Waals surface area contributed by atoms with Gasteiger partial charge >= 0.3 is 0 Å². The van der Waals surface area contributed by atoms with E-state index in [0.29, 0.717) is 18.2 Å². The molecule has 0 aromatic heterocycles. The lowest BCUT2D eigenvalue weighted by molar-refractivity contribution is -0.132. The summed E-state index contributed by atoms with van der Waals surface area (Å²) < 4.78 is 5.66. The van der Waals surface area contributed by atoms with E-state index in [9.17, 15) is 9.59 Å². The molecule has 5 nitrogen and oxygen atoms in total. The van der Waals surface area contributed by atoms with Crippen LogP contribution in [0.2, 0.25) is 0 Å². The second-order valence-electron chi connectivity index (χ2n) is 6.99. The Balaban J connectivity index is 1.75. The number of carbonyl (C=O) groups is 2. The van der Waals surface area contributed by atoms with Crippen molar-refractivity contribution in [3.63, 3.8) is 0 Å². The van der Waals surface area contributed by atoms with E-state index >= 15 is 0 Å². The molecular formula is C21H32N2O3. The summed E-state index contributed by atoms with van der Waals surface area (Å²) in [6, 6.07) is 7.55. The first-order valence-corrected chi connectivity index (χ1v) is 9.84. The Morgan fingerprint density at radius 2 is 1.81 bits per heavy atom. The molecule has 1 saturated heterocycles. The Morgan fingerprint density at radius 1 is 1.12 bits per heavy atom. The van der Waals surface area contributed by atoms with Crippen molar-refractivity contribution < 1.29 is 14.3 Å². The Morgan fingerprint density at radius 3 is 2.46 bits per heavy atom. The molecule has 0 spiro atoms. The second kappa shape index (κ2) is 11.0. The van der Waals surface area contributed by atoms with Crippen LogP contribution in [0, 0.1) is 0 Å². The van der Waals surface area contributed by atoms with Crippen LogP contribution in [0.25, 0.3) is 0 Å². The standard InChI is InChI=1S/C21H32N2O3/c1-3-4-5-16-26-19-8-6-17(7-9-19)20(24)10-11-21(25)23(2)18-12-14-22-15-13-18/h6-9,18,22H,3-5,10-16H2,1-2H3. The summed E-state index contributed by atoms with van der Waals surface area (Å²) in [6.07, 6.45) is 5.87. The average Bonchev–Trinajstić information content (AvgIpc) is 2.69. The Bertz CT molecular complexity index is 565. The number of benzene rings is 1. The molecule has 0 saturated carbocycles. The Kier molecular flexibility index (Phi) is 8.62. The zero-order chi connectivity index (χ0) is 18.8. The van der Waals surface area contributed by atoms with Crippen LogP contribution in [-0.4, -0.2) is 49.4 Å². The van der Waals surface area contributed by atoms with Crippen LogP contribution < -0.4 is 10.1 Å². The number of ether oxygens (including phenoxy) is 1. The third-order valence-corrected chi connectivity index (χ3v) is 5.01. The third-order valence-electron chi connectivity index (χ3n) is 5.01. The summed E-state index contributed by atoms with van der Waals surface area (Å²) >= 11 is 0. The van der Waals surface area contributed by atoms with E-state index in [2.05, 4.69) is 12.2 Å². The molecule has 1 fully saturated rings. The van der Waals surface area contributed by atoms with E-state index in [1.54, 1.807) is 12.1 Å². The predicted octanol–water partition coefficient (Wildman–Crippen LogP) is 3.43. The van der Waals surface area contributed by atoms with Gasteiger partial charge in [0.05, 0.1) is 6.61 Å². The molecular weight excluding hydrogens is 328 g/mol. The lowest BCUT2D eigenvalue weighted by atomic mass is 10.0. The van der Waals surface area contributed by atoms with Gasteiger partial charge in [0.1, 0.15) is 5.75 Å². The lowest BCUT2D eigenvalue weighted by Gasteiger charge is -2.31. The van der Waals surface area contributed by atoms with Gasteiger partial charge < -0.3 is 15.0 Å². The maximum Gasteiger partial charge on any atom is 0.223 e. The van der Waals surface area contributed by atoms with Crippen molar-refractivity contribution in [2.75, 3.05) is 26.7 Å². The molecule has 1 aliphatic rings. The van der Waals surface area contributed by atoms with E-state index in [-0.39, 0.29) is 24.5 Å². The average molecular weight is 360 g/mol. The number of nitrogens with one attached hydrogen (secondary N) is 1. The first kappa shape index (κ1) is 20.4. The number of piperidine rings is 1. The molecule has 1 aliphatic heterocycles. The first-order valence-electron chi connectivity index (χ1n) is 9.84. The summed E-state index contributed by atoms with van der Waals surface area (Å²) in [5.41, 5.74) is 0.642. The highest BCUT2D eigenvalue weighted by Crippen LogP contribution is 2.16. The highest BCUT2D eigenvalue weighted by Gasteiger charge is 2.22. The van der Waals surface area contributed by atoms with E-state index in [0.717, 1.165) is 44.5 Å². The van der Waals surface area contributed by atoms with Gasteiger partial charge in [-0.15, -0.1) is 0 Å². The molecule has 1 aromatic rings. The molecule has 1 heterocycles. The number of hydrogen-bond donors (Lipinski definition) is 1. The summed E-state index contributed by atoms with van der Waals surface area (Å²) in [4.78, 5) is 26.5. The molecule has 0 unspecified atom stereocenters. The van der Waals surface area contributed by atoms with Crippen molar-refractivity contribution >= 4 is 11.7 Å². The van der Waals surface area contributed by atoms with Crippen molar-refractivity contribution in [2.45, 2.75) is 57.9 Å². The molecule has 5 heteroatoms. The van der Waals surface area contributed by atoms with Crippen LogP contribution in [0.3, 0.4) is 0 Å². The molecule has 1 aromatic carbocycles. The van der Waals surface area contributed by atoms with Gasteiger partial charge in [0.2, 0.25) is 5.91 Å². The third kappa shape index (κ3) is 6.45. The number of carbonyl (C=O) groups excluding carboxylic acids is 2. The van der Waals surface area contributed by atoms with Crippen molar-refractivity contribution in [3.8, 4) is 5.75 Å². The van der Waals surface area contributed by atoms with Crippen LogP contribution in [0.4, 0.5) is 0 Å². The Labute approximate surface area is 157 Å². The second-order valence-corrected chi connectivity index (χ2v) is 6.99. The van der Waals surface area contributed by atoms with E-state index < -0.39 is 0 Å². The zero-order valence-electron chi connectivity index (χ0n) is 16.1. The van der Waals surface area contributed by atoms with Gasteiger partial charge in [0.15, 0.2) is 5.78 Å². The molecule has 0 bridgehead atoms. The van der Waals surface area contributed by atoms with Gasteiger partial charge in [-0.25, -0.2) is 0 Å². The number of ketones is 1. The van der Waals surface area contributed by atoms with Crippen molar-refractivity contribution in [1.82, 2.24) is 10.2 Å². The SMILES string of the molecule is CCCCCOc1ccc(C(=O)CCC(=O)N(C)C2CCNCC2)cc1. The maximum atomic E-state index is 12.3. The van der Waals surface area contributed by atoms with Gasteiger partial charge in [0.25, 0.3) is 0 Å². The number of unbranched alkanes of at least 4 members (excludes halogenated alkanes) is 2. The van der Waals surface area contributed by atoms with Crippen molar-refractivity contribution in [1.29, 1.82) is 0 Å². The predicted molar refractivity (Wildman–Crippen MR) is 104 cm³/mol. The van der Waals surface area contributed by atoms with Crippen LogP contribution in [0.15, 0.2) is 24.3 Å². The molecule has 1 N–H and O–H groups in total. The van der Waals surface area contributed by atoms with Crippen molar-refractivity contribution in [2.24, 2.45) is 0 Å². The fourth-order valence-electron chi connectivity index (χ4n) is 3.22. The van der Waals surface area contributed by atoms with Gasteiger partial charge in [0, 0.05) is 31.5 Å². The topological polar surface area (TPSA) is 58.6 Å². The minimum atomic E-state index is 0.00888. The molecule has 2 rings (SSSR count). The minimum absolute atomic E-state index is 0.00888. The number of Topliss-reactive ketones (excluding diaryl/α,β-unsaturated/α-hetero) is 1. The summed E-state index contributed by atoms with van der Waals surface area (Å²) in [6.45, 7) is 4.77. The lowest BCUT2D eigenvalue weighted by Crippen LogP contribution is -2.44. The smallest absolute Gasteiger partial charge is 0.223 e. The number of rotatable bonds is 10. The zero-order valence-corrected chi connectivity index (χ0v) is 16.1. The number of hydrogen-bond acceptors (Lipinski definition) is 4. The molecule has 1 amide bonds. The Hall–Kier alpha value is -1.88.